The van der Waals surface area contributed by atoms with E-state index in [2.05, 4.69) is 17.1 Å². The van der Waals surface area contributed by atoms with E-state index in [4.69, 9.17) is 9.47 Å². The summed E-state index contributed by atoms with van der Waals surface area (Å²) < 4.78 is 38.1. The molecule has 1 atom stereocenters. The molecular weight excluding hydrogens is 442 g/mol. The van der Waals surface area contributed by atoms with Gasteiger partial charge in [-0.3, -0.25) is 4.79 Å². The Bertz CT molecular complexity index is 871. The Hall–Kier alpha value is -1.68. The first-order valence-electron chi connectivity index (χ1n) is 12.2. The summed E-state index contributed by atoms with van der Waals surface area (Å²) in [5.74, 6) is 0.573. The van der Waals surface area contributed by atoms with Gasteiger partial charge in [0.05, 0.1) is 25.2 Å². The van der Waals surface area contributed by atoms with Crippen molar-refractivity contribution in [3.05, 3.63) is 23.8 Å². The van der Waals surface area contributed by atoms with Gasteiger partial charge in [0, 0.05) is 38.6 Å². The Morgan fingerprint density at radius 1 is 1.21 bits per heavy atom. The predicted molar refractivity (Wildman–Crippen MR) is 128 cm³/mol. The molecule has 33 heavy (non-hydrogen) atoms. The smallest absolute Gasteiger partial charge is 0.243 e. The van der Waals surface area contributed by atoms with Crippen LogP contribution in [0.5, 0.6) is 5.75 Å². The summed E-state index contributed by atoms with van der Waals surface area (Å²) >= 11 is 0. The number of carbonyl (C=O) groups excluding carboxylic acids is 1. The Kier molecular flexibility index (Phi) is 9.97. The van der Waals surface area contributed by atoms with Crippen molar-refractivity contribution in [3.8, 4) is 5.75 Å². The molecule has 9 heteroatoms. The molecule has 2 saturated heterocycles. The molecule has 0 radical (unpaired) electrons. The first-order valence-corrected chi connectivity index (χ1v) is 13.6. The summed E-state index contributed by atoms with van der Waals surface area (Å²) in [4.78, 5) is 15.2. The maximum Gasteiger partial charge on any atom is 0.243 e. The first-order chi connectivity index (χ1) is 16.0. The minimum absolute atomic E-state index is 0.0239. The van der Waals surface area contributed by atoms with Gasteiger partial charge >= 0.3 is 0 Å². The van der Waals surface area contributed by atoms with Crippen LogP contribution in [0.3, 0.4) is 0 Å². The van der Waals surface area contributed by atoms with Crippen molar-refractivity contribution < 1.29 is 22.7 Å². The number of carbonyl (C=O) groups is 1. The summed E-state index contributed by atoms with van der Waals surface area (Å²) in [6, 6.07) is 5.56. The fourth-order valence-electron chi connectivity index (χ4n) is 4.71. The number of benzene rings is 1. The highest BCUT2D eigenvalue weighted by molar-refractivity contribution is 7.89. The van der Waals surface area contributed by atoms with E-state index in [1.165, 1.54) is 30.0 Å². The van der Waals surface area contributed by atoms with Crippen molar-refractivity contribution >= 4 is 15.9 Å². The monoisotopic (exact) mass is 481 g/mol. The molecule has 1 amide bonds. The molecule has 0 aliphatic carbocycles. The lowest BCUT2D eigenvalue weighted by Crippen LogP contribution is -2.40. The Labute approximate surface area is 198 Å². The third-order valence-electron chi connectivity index (χ3n) is 6.65. The maximum atomic E-state index is 13.0. The number of morpholine rings is 1. The van der Waals surface area contributed by atoms with Crippen molar-refractivity contribution in [2.75, 3.05) is 53.0 Å². The van der Waals surface area contributed by atoms with Gasteiger partial charge in [0.2, 0.25) is 15.9 Å². The summed E-state index contributed by atoms with van der Waals surface area (Å²) in [5.41, 5.74) is 0.723. The molecule has 1 aromatic carbocycles. The quantitative estimate of drug-likeness (QED) is 0.489. The van der Waals surface area contributed by atoms with E-state index in [1.807, 2.05) is 0 Å². The zero-order valence-corrected chi connectivity index (χ0v) is 20.9. The predicted octanol–water partition coefficient (Wildman–Crippen LogP) is 2.42. The number of nitrogens with one attached hydrogen (secondary N) is 1. The molecule has 0 bridgehead atoms. The van der Waals surface area contributed by atoms with Crippen LogP contribution in [0.1, 0.15) is 51.0 Å². The summed E-state index contributed by atoms with van der Waals surface area (Å²) in [5, 5.41) is 3.01. The summed E-state index contributed by atoms with van der Waals surface area (Å²) in [7, 11) is -2.04. The molecule has 0 aromatic heterocycles. The number of ether oxygens (including phenoxy) is 2. The van der Waals surface area contributed by atoms with Crippen LogP contribution in [0.15, 0.2) is 23.1 Å². The lowest BCUT2D eigenvalue weighted by atomic mass is 10.00. The van der Waals surface area contributed by atoms with E-state index in [0.717, 1.165) is 25.1 Å². The lowest BCUT2D eigenvalue weighted by molar-refractivity contribution is -0.121. The van der Waals surface area contributed by atoms with E-state index >= 15 is 0 Å². The van der Waals surface area contributed by atoms with Gasteiger partial charge in [-0.1, -0.05) is 13.3 Å². The maximum absolute atomic E-state index is 13.0. The van der Waals surface area contributed by atoms with Crippen LogP contribution in [-0.4, -0.2) is 82.6 Å². The SMILES string of the molecule is CC[C@@H]1CCCCN1CCCNC(=O)CCc1cc(S(=O)(=O)N2CCOCC2)ccc1OC. The van der Waals surface area contributed by atoms with Crippen LogP contribution in [0.25, 0.3) is 0 Å². The van der Waals surface area contributed by atoms with Crippen molar-refractivity contribution in [3.63, 3.8) is 0 Å². The van der Waals surface area contributed by atoms with Gasteiger partial charge in [0.1, 0.15) is 5.75 Å². The van der Waals surface area contributed by atoms with Gasteiger partial charge in [-0.15, -0.1) is 0 Å². The minimum Gasteiger partial charge on any atom is -0.496 e. The zero-order chi connectivity index (χ0) is 23.7. The second-order valence-electron chi connectivity index (χ2n) is 8.79. The van der Waals surface area contributed by atoms with Gasteiger partial charge in [-0.05, 0) is 62.4 Å². The number of methoxy groups -OCH3 is 1. The first kappa shape index (κ1) is 25.9. The number of rotatable bonds is 11. The molecule has 186 valence electrons. The summed E-state index contributed by atoms with van der Waals surface area (Å²) in [6.07, 6.45) is 6.72. The van der Waals surface area contributed by atoms with Crippen LogP contribution in [0.4, 0.5) is 0 Å². The number of sulfonamides is 1. The van der Waals surface area contributed by atoms with Crippen molar-refractivity contribution in [1.29, 1.82) is 0 Å². The highest BCUT2D eigenvalue weighted by Gasteiger charge is 2.27. The zero-order valence-electron chi connectivity index (χ0n) is 20.1. The molecule has 0 unspecified atom stereocenters. The number of hydrogen-bond donors (Lipinski definition) is 1. The summed E-state index contributed by atoms with van der Waals surface area (Å²) in [6.45, 7) is 6.60. The molecule has 1 N–H and O–H groups in total. The van der Waals surface area contributed by atoms with Gasteiger partial charge in [0.15, 0.2) is 0 Å². The van der Waals surface area contributed by atoms with Crippen LogP contribution in [-0.2, 0) is 26.0 Å². The largest absolute Gasteiger partial charge is 0.496 e. The second-order valence-corrected chi connectivity index (χ2v) is 10.7. The van der Waals surface area contributed by atoms with Crippen LogP contribution >= 0.6 is 0 Å². The van der Waals surface area contributed by atoms with E-state index in [0.29, 0.717) is 57.5 Å². The Morgan fingerprint density at radius 3 is 2.73 bits per heavy atom. The molecule has 2 fully saturated rings. The second kappa shape index (κ2) is 12.7. The highest BCUT2D eigenvalue weighted by atomic mass is 32.2. The fourth-order valence-corrected chi connectivity index (χ4v) is 6.17. The van der Waals surface area contributed by atoms with Crippen molar-refractivity contribution in [2.24, 2.45) is 0 Å². The van der Waals surface area contributed by atoms with Crippen LogP contribution in [0.2, 0.25) is 0 Å². The highest BCUT2D eigenvalue weighted by Crippen LogP contribution is 2.26. The third-order valence-corrected chi connectivity index (χ3v) is 8.54. The van der Waals surface area contributed by atoms with E-state index < -0.39 is 10.0 Å². The average Bonchev–Trinajstić information content (AvgIpc) is 2.85. The van der Waals surface area contributed by atoms with E-state index in [1.54, 1.807) is 25.3 Å². The molecule has 0 saturated carbocycles. The molecule has 2 heterocycles. The number of amides is 1. The Balaban J connectivity index is 1.50. The number of aryl methyl sites for hydroxylation is 1. The van der Waals surface area contributed by atoms with Crippen molar-refractivity contribution in [2.45, 2.75) is 62.8 Å². The van der Waals surface area contributed by atoms with Crippen LogP contribution in [0, 0.1) is 0 Å². The standard InChI is InChI=1S/C24H39N3O5S/c1-3-21-7-4-5-13-26(21)14-6-12-25-24(28)11-8-20-19-22(9-10-23(20)31-2)33(29,30)27-15-17-32-18-16-27/h9-10,19,21H,3-8,11-18H2,1-2H3,(H,25,28)/t21-/m1/s1. The van der Waals surface area contributed by atoms with Gasteiger partial charge < -0.3 is 19.7 Å². The van der Waals surface area contributed by atoms with Gasteiger partial charge in [-0.2, -0.15) is 4.31 Å². The lowest BCUT2D eigenvalue weighted by Gasteiger charge is -2.35. The minimum atomic E-state index is -3.59. The van der Waals surface area contributed by atoms with E-state index in [9.17, 15) is 13.2 Å². The number of likely N-dealkylation sites (tertiary alicyclic amines) is 1. The fraction of sp³-hybridized carbons (Fsp3) is 0.708. The van der Waals surface area contributed by atoms with Gasteiger partial charge in [0.25, 0.3) is 0 Å². The van der Waals surface area contributed by atoms with E-state index in [-0.39, 0.29) is 10.8 Å². The molecular formula is C24H39N3O5S. The molecule has 1 aromatic rings. The molecule has 0 spiro atoms. The molecule has 8 nitrogen and oxygen atoms in total. The normalized spacial score (nSPS) is 20.5. The Morgan fingerprint density at radius 2 is 2.00 bits per heavy atom. The number of piperidine rings is 1. The van der Waals surface area contributed by atoms with Crippen LogP contribution < -0.4 is 10.1 Å². The topological polar surface area (TPSA) is 88.2 Å². The molecule has 2 aliphatic rings. The number of nitrogens with zero attached hydrogens (tertiary/aromatic N) is 2. The average molecular weight is 482 g/mol. The number of hydrogen-bond acceptors (Lipinski definition) is 6. The molecule has 3 rings (SSSR count). The van der Waals surface area contributed by atoms with Crippen molar-refractivity contribution in [1.82, 2.24) is 14.5 Å². The third kappa shape index (κ3) is 7.15. The molecule has 2 aliphatic heterocycles. The van der Waals surface area contributed by atoms with Gasteiger partial charge in [-0.25, -0.2) is 8.42 Å².